The molecule has 2 heterocycles. The third-order valence-corrected chi connectivity index (χ3v) is 8.35. The molecule has 4 bridgehead atoms. The van der Waals surface area contributed by atoms with Crippen molar-refractivity contribution in [1.82, 2.24) is 9.88 Å². The van der Waals surface area contributed by atoms with Crippen LogP contribution >= 0.6 is 0 Å². The van der Waals surface area contributed by atoms with Crippen LogP contribution in [0.2, 0.25) is 0 Å². The molecule has 10 heteroatoms. The van der Waals surface area contributed by atoms with E-state index < -0.39 is 17.2 Å². The summed E-state index contributed by atoms with van der Waals surface area (Å²) in [6.07, 6.45) is 0.809. The normalized spacial score (nSPS) is 35.0. The van der Waals surface area contributed by atoms with Gasteiger partial charge in [-0.05, 0) is 68.4 Å². The number of pyridine rings is 1. The zero-order chi connectivity index (χ0) is 23.5. The SMILES string of the molecule is CN(c1ccc(C(F)(F)F)cn1)C1CCN(C(=O)OC2C3CC4C[C@H]2CC(C(N)=O)(C4)C3)C1. The summed E-state index contributed by atoms with van der Waals surface area (Å²) in [5, 5.41) is 0. The predicted octanol–water partition coefficient (Wildman–Crippen LogP) is 3.43. The first-order chi connectivity index (χ1) is 15.6. The van der Waals surface area contributed by atoms with E-state index >= 15 is 0 Å². The highest BCUT2D eigenvalue weighted by molar-refractivity contribution is 5.81. The van der Waals surface area contributed by atoms with Crippen molar-refractivity contribution in [2.75, 3.05) is 25.0 Å². The van der Waals surface area contributed by atoms with Crippen LogP contribution in [0.25, 0.3) is 0 Å². The van der Waals surface area contributed by atoms with Crippen molar-refractivity contribution in [3.05, 3.63) is 23.9 Å². The van der Waals surface area contributed by atoms with Crippen LogP contribution < -0.4 is 10.6 Å². The van der Waals surface area contributed by atoms with E-state index in [0.29, 0.717) is 44.1 Å². The number of carbonyl (C=O) groups is 2. The Morgan fingerprint density at radius 1 is 1.21 bits per heavy atom. The topological polar surface area (TPSA) is 88.8 Å². The van der Waals surface area contributed by atoms with Crippen LogP contribution in [0.4, 0.5) is 23.8 Å². The molecule has 0 spiro atoms. The van der Waals surface area contributed by atoms with E-state index in [9.17, 15) is 22.8 Å². The summed E-state index contributed by atoms with van der Waals surface area (Å²) in [5.74, 6) is 1.08. The quantitative estimate of drug-likeness (QED) is 0.735. The molecule has 1 aliphatic heterocycles. The third kappa shape index (κ3) is 3.91. The lowest BCUT2D eigenvalue weighted by molar-refractivity contribution is -0.161. The fourth-order valence-electron chi connectivity index (χ4n) is 6.84. The molecule has 5 aliphatic rings. The fourth-order valence-corrected chi connectivity index (χ4v) is 6.84. The van der Waals surface area contributed by atoms with E-state index in [-0.39, 0.29) is 36.0 Å². The minimum atomic E-state index is -4.42. The van der Waals surface area contributed by atoms with Crippen molar-refractivity contribution in [1.29, 1.82) is 0 Å². The lowest BCUT2D eigenvalue weighted by Gasteiger charge is -2.58. The largest absolute Gasteiger partial charge is 0.446 e. The number of anilines is 1. The van der Waals surface area contributed by atoms with Crippen LogP contribution in [-0.2, 0) is 15.7 Å². The highest BCUT2D eigenvalue weighted by atomic mass is 19.4. The highest BCUT2D eigenvalue weighted by Crippen LogP contribution is 2.60. The summed E-state index contributed by atoms with van der Waals surface area (Å²) < 4.78 is 44.4. The Bertz CT molecular complexity index is 922. The number of carbonyl (C=O) groups excluding carboxylic acids is 2. The molecular formula is C23H29F3N4O3. The van der Waals surface area contributed by atoms with Crippen LogP contribution in [0.1, 0.15) is 44.1 Å². The Hall–Kier alpha value is -2.52. The Kier molecular flexibility index (Phi) is 5.25. The molecule has 4 aliphatic carbocycles. The molecule has 2 N–H and O–H groups in total. The van der Waals surface area contributed by atoms with Crippen LogP contribution in [0.15, 0.2) is 18.3 Å². The second-order valence-corrected chi connectivity index (χ2v) is 10.4. The Morgan fingerprint density at radius 2 is 1.91 bits per heavy atom. The molecule has 33 heavy (non-hydrogen) atoms. The predicted molar refractivity (Wildman–Crippen MR) is 113 cm³/mol. The van der Waals surface area contributed by atoms with E-state index in [2.05, 4.69) is 4.98 Å². The number of hydrogen-bond acceptors (Lipinski definition) is 5. The van der Waals surface area contributed by atoms with Gasteiger partial charge in [-0.15, -0.1) is 0 Å². The average molecular weight is 467 g/mol. The minimum absolute atomic E-state index is 0.0570. The van der Waals surface area contributed by atoms with Crippen LogP contribution in [0.3, 0.4) is 0 Å². The Labute approximate surface area is 190 Å². The number of hydrogen-bond donors (Lipinski definition) is 1. The maximum absolute atomic E-state index is 13.0. The van der Waals surface area contributed by atoms with E-state index in [4.69, 9.17) is 10.5 Å². The molecule has 4 saturated carbocycles. The van der Waals surface area contributed by atoms with Gasteiger partial charge in [0.1, 0.15) is 11.9 Å². The number of aromatic nitrogens is 1. The molecule has 6 atom stereocenters. The summed E-state index contributed by atoms with van der Waals surface area (Å²) in [5.41, 5.74) is 4.53. The first kappa shape index (κ1) is 22.3. The van der Waals surface area contributed by atoms with Gasteiger partial charge in [-0.25, -0.2) is 9.78 Å². The number of halogens is 3. The maximum atomic E-state index is 13.0. The number of rotatable bonds is 4. The minimum Gasteiger partial charge on any atom is -0.446 e. The first-order valence-corrected chi connectivity index (χ1v) is 11.6. The molecule has 5 unspecified atom stereocenters. The van der Waals surface area contributed by atoms with Gasteiger partial charge in [-0.2, -0.15) is 13.2 Å². The third-order valence-electron chi connectivity index (χ3n) is 8.35. The molecule has 5 fully saturated rings. The standard InChI is InChI=1S/C23H29F3N4O3/c1-29(18-3-2-16(11-28-18)23(24,25)26)17-4-5-30(12-17)21(32)33-19-14-6-13-7-15(19)10-22(8-13,9-14)20(27)31/h2-3,11,13-15,17,19H,4-10,12H2,1H3,(H2,27,31)/t13?,14-,15?,17?,19?,22?/m0/s1. The van der Waals surface area contributed by atoms with E-state index in [1.165, 1.54) is 6.07 Å². The maximum Gasteiger partial charge on any atom is 0.417 e. The number of amides is 2. The van der Waals surface area contributed by atoms with Gasteiger partial charge in [0.15, 0.2) is 0 Å². The van der Waals surface area contributed by atoms with Gasteiger partial charge in [0.05, 0.1) is 11.0 Å². The first-order valence-electron chi connectivity index (χ1n) is 11.6. The lowest BCUT2D eigenvalue weighted by atomic mass is 9.48. The number of nitrogens with two attached hydrogens (primary N) is 1. The summed E-state index contributed by atoms with van der Waals surface area (Å²) in [6, 6.07) is 2.32. The van der Waals surface area contributed by atoms with Gasteiger partial charge in [-0.3, -0.25) is 4.79 Å². The smallest absolute Gasteiger partial charge is 0.417 e. The number of likely N-dealkylation sites (N-methyl/N-ethyl adjacent to an activating group) is 1. The van der Waals surface area contributed by atoms with Crippen molar-refractivity contribution >= 4 is 17.8 Å². The summed E-state index contributed by atoms with van der Waals surface area (Å²) in [7, 11) is 1.77. The molecule has 1 aromatic rings. The van der Waals surface area contributed by atoms with Crippen molar-refractivity contribution in [3.63, 3.8) is 0 Å². The highest BCUT2D eigenvalue weighted by Gasteiger charge is 2.59. The molecule has 2 amide bonds. The molecule has 0 radical (unpaired) electrons. The second-order valence-electron chi connectivity index (χ2n) is 10.4. The summed E-state index contributed by atoms with van der Waals surface area (Å²) in [6.45, 7) is 0.943. The van der Waals surface area contributed by atoms with Gasteiger partial charge < -0.3 is 20.3 Å². The molecule has 1 saturated heterocycles. The number of nitrogens with zero attached hydrogens (tertiary/aromatic N) is 3. The van der Waals surface area contributed by atoms with E-state index in [1.807, 2.05) is 4.90 Å². The van der Waals surface area contributed by atoms with Crippen molar-refractivity contribution in [2.45, 2.75) is 56.8 Å². The van der Waals surface area contributed by atoms with Gasteiger partial charge in [0, 0.05) is 32.4 Å². The molecule has 1 aromatic heterocycles. The van der Waals surface area contributed by atoms with Gasteiger partial charge in [-0.1, -0.05) is 0 Å². The van der Waals surface area contributed by atoms with Crippen molar-refractivity contribution in [3.8, 4) is 0 Å². The van der Waals surface area contributed by atoms with Crippen molar-refractivity contribution in [2.24, 2.45) is 28.9 Å². The number of likely N-dealkylation sites (tertiary alicyclic amines) is 1. The summed E-state index contributed by atoms with van der Waals surface area (Å²) in [4.78, 5) is 32.5. The Balaban J connectivity index is 1.19. The number of primary amides is 1. The zero-order valence-corrected chi connectivity index (χ0v) is 18.6. The second kappa shape index (κ2) is 7.77. The van der Waals surface area contributed by atoms with E-state index in [0.717, 1.165) is 31.5 Å². The van der Waals surface area contributed by atoms with Crippen LogP contribution in [-0.4, -0.2) is 54.2 Å². The number of ether oxygens (including phenoxy) is 1. The molecular weight excluding hydrogens is 437 g/mol. The lowest BCUT2D eigenvalue weighted by Crippen LogP contribution is -2.59. The molecule has 180 valence electrons. The molecule has 0 aromatic carbocycles. The molecule has 7 nitrogen and oxygen atoms in total. The number of alkyl halides is 3. The monoisotopic (exact) mass is 466 g/mol. The van der Waals surface area contributed by atoms with Crippen LogP contribution in [0, 0.1) is 23.2 Å². The summed E-state index contributed by atoms with van der Waals surface area (Å²) >= 11 is 0. The van der Waals surface area contributed by atoms with Gasteiger partial charge in [0.2, 0.25) is 5.91 Å². The Morgan fingerprint density at radius 3 is 2.48 bits per heavy atom. The van der Waals surface area contributed by atoms with Crippen molar-refractivity contribution < 1.29 is 27.5 Å². The van der Waals surface area contributed by atoms with Gasteiger partial charge >= 0.3 is 12.3 Å². The van der Waals surface area contributed by atoms with Gasteiger partial charge in [0.25, 0.3) is 0 Å². The van der Waals surface area contributed by atoms with Crippen LogP contribution in [0.5, 0.6) is 0 Å². The molecule has 6 rings (SSSR count). The fraction of sp³-hybridized carbons (Fsp3) is 0.696. The average Bonchev–Trinajstić information content (AvgIpc) is 3.25. The zero-order valence-electron chi connectivity index (χ0n) is 18.6. The van der Waals surface area contributed by atoms with E-state index in [1.54, 1.807) is 11.9 Å².